The molecule has 0 radical (unpaired) electrons. The van der Waals surface area contributed by atoms with Crippen LogP contribution in [0.15, 0.2) is 17.1 Å². The molecule has 0 saturated heterocycles. The molecule has 0 atom stereocenters. The molecule has 1 N–H and O–H groups in total. The van der Waals surface area contributed by atoms with Crippen LogP contribution in [0.2, 0.25) is 0 Å². The van der Waals surface area contributed by atoms with E-state index in [0.717, 1.165) is 6.54 Å². The lowest BCUT2D eigenvalue weighted by Crippen LogP contribution is -1.97. The van der Waals surface area contributed by atoms with Crippen LogP contribution in [0.3, 0.4) is 0 Å². The Morgan fingerprint density at radius 3 is 3.00 bits per heavy atom. The highest BCUT2D eigenvalue weighted by molar-refractivity contribution is 7.71. The molecule has 0 spiro atoms. The van der Waals surface area contributed by atoms with E-state index in [-0.39, 0.29) is 0 Å². The summed E-state index contributed by atoms with van der Waals surface area (Å²) in [4.78, 5) is 0. The summed E-state index contributed by atoms with van der Waals surface area (Å²) in [5.74, 6) is 0. The van der Waals surface area contributed by atoms with Crippen molar-refractivity contribution in [3.8, 4) is 0 Å². The second-order valence-electron chi connectivity index (χ2n) is 2.87. The molecule has 0 aliphatic rings. The highest BCUT2D eigenvalue weighted by Crippen LogP contribution is 2.14. The number of nitrogens with zero attached hydrogens (tertiary/aromatic N) is 2. The van der Waals surface area contributed by atoms with Gasteiger partial charge in [-0.2, -0.15) is 16.4 Å². The Bertz CT molecular complexity index is 452. The summed E-state index contributed by atoms with van der Waals surface area (Å²) in [6.07, 6.45) is 1.72. The lowest BCUT2D eigenvalue weighted by molar-refractivity contribution is 0.780. The van der Waals surface area contributed by atoms with Gasteiger partial charge in [0.1, 0.15) is 6.33 Å². The van der Waals surface area contributed by atoms with E-state index in [4.69, 9.17) is 12.2 Å². The first-order valence-corrected chi connectivity index (χ1v) is 5.24. The van der Waals surface area contributed by atoms with E-state index in [1.54, 1.807) is 17.7 Å². The van der Waals surface area contributed by atoms with Crippen molar-refractivity contribution < 1.29 is 0 Å². The zero-order valence-corrected chi connectivity index (χ0v) is 8.78. The number of H-pyrrole nitrogens is 1. The van der Waals surface area contributed by atoms with Crippen LogP contribution >= 0.6 is 23.6 Å². The third kappa shape index (κ3) is 1.71. The molecule has 0 amide bonds. The van der Waals surface area contributed by atoms with Gasteiger partial charge in [-0.3, -0.25) is 5.10 Å². The van der Waals surface area contributed by atoms with Gasteiger partial charge in [0.15, 0.2) is 4.77 Å². The zero-order valence-electron chi connectivity index (χ0n) is 7.15. The maximum atomic E-state index is 5.05. The molecule has 2 aromatic heterocycles. The van der Waals surface area contributed by atoms with Crippen molar-refractivity contribution in [3.63, 3.8) is 0 Å². The van der Waals surface area contributed by atoms with Crippen molar-refractivity contribution in [2.45, 2.75) is 13.5 Å². The molecule has 5 heteroatoms. The number of aromatic amines is 1. The molecule has 0 aromatic carbocycles. The van der Waals surface area contributed by atoms with Gasteiger partial charge in [0.25, 0.3) is 0 Å². The van der Waals surface area contributed by atoms with Crippen molar-refractivity contribution >= 4 is 23.6 Å². The van der Waals surface area contributed by atoms with Crippen molar-refractivity contribution in [1.82, 2.24) is 14.8 Å². The maximum absolute atomic E-state index is 5.05. The Morgan fingerprint density at radius 1 is 1.62 bits per heavy atom. The van der Waals surface area contributed by atoms with Gasteiger partial charge in [0.2, 0.25) is 0 Å². The first kappa shape index (κ1) is 8.65. The first-order valence-electron chi connectivity index (χ1n) is 3.89. The van der Waals surface area contributed by atoms with Gasteiger partial charge in [-0.25, -0.2) is 0 Å². The molecule has 0 unspecified atom stereocenters. The molecule has 0 fully saturated rings. The normalized spacial score (nSPS) is 10.5. The standard InChI is InChI=1S/C8H9N3S2/c1-6-3-13-4-7(6)2-11-5-9-10-8(11)12/h3-5H,2H2,1H3,(H,10,12). The quantitative estimate of drug-likeness (QED) is 0.774. The number of aryl methyl sites for hydroxylation is 1. The van der Waals surface area contributed by atoms with E-state index in [1.807, 2.05) is 4.57 Å². The smallest absolute Gasteiger partial charge is 0.195 e. The Morgan fingerprint density at radius 2 is 2.46 bits per heavy atom. The van der Waals surface area contributed by atoms with E-state index in [0.29, 0.717) is 4.77 Å². The van der Waals surface area contributed by atoms with Crippen LogP contribution < -0.4 is 0 Å². The minimum Gasteiger partial charge on any atom is -0.302 e. The van der Waals surface area contributed by atoms with Crippen LogP contribution in [0.4, 0.5) is 0 Å². The number of nitrogens with one attached hydrogen (secondary N) is 1. The van der Waals surface area contributed by atoms with Crippen molar-refractivity contribution in [1.29, 1.82) is 0 Å². The monoisotopic (exact) mass is 211 g/mol. The van der Waals surface area contributed by atoms with E-state index in [2.05, 4.69) is 27.9 Å². The summed E-state index contributed by atoms with van der Waals surface area (Å²) in [7, 11) is 0. The van der Waals surface area contributed by atoms with E-state index >= 15 is 0 Å². The van der Waals surface area contributed by atoms with Crippen LogP contribution in [-0.2, 0) is 6.54 Å². The van der Waals surface area contributed by atoms with Gasteiger partial charge in [-0.1, -0.05) is 0 Å². The molecule has 2 rings (SSSR count). The predicted octanol–water partition coefficient (Wildman–Crippen LogP) is 2.36. The van der Waals surface area contributed by atoms with Crippen LogP contribution in [0.5, 0.6) is 0 Å². The summed E-state index contributed by atoms with van der Waals surface area (Å²) in [5, 5.41) is 10.9. The SMILES string of the molecule is Cc1cscc1Cn1cn[nH]c1=S. The summed E-state index contributed by atoms with van der Waals surface area (Å²) < 4.78 is 2.59. The van der Waals surface area contributed by atoms with Crippen LogP contribution in [0.25, 0.3) is 0 Å². The fourth-order valence-corrected chi connectivity index (χ4v) is 2.13. The van der Waals surface area contributed by atoms with Crippen molar-refractivity contribution in [2.75, 3.05) is 0 Å². The van der Waals surface area contributed by atoms with Gasteiger partial charge >= 0.3 is 0 Å². The molecular weight excluding hydrogens is 202 g/mol. The fraction of sp³-hybridized carbons (Fsp3) is 0.250. The topological polar surface area (TPSA) is 33.6 Å². The van der Waals surface area contributed by atoms with Gasteiger partial charge in [-0.15, -0.1) is 0 Å². The zero-order chi connectivity index (χ0) is 9.26. The predicted molar refractivity (Wildman–Crippen MR) is 55.6 cm³/mol. The molecule has 0 bridgehead atoms. The second-order valence-corrected chi connectivity index (χ2v) is 4.00. The molecule has 3 nitrogen and oxygen atoms in total. The summed E-state index contributed by atoms with van der Waals surface area (Å²) in [6.45, 7) is 2.92. The Balaban J connectivity index is 2.29. The Kier molecular flexibility index (Phi) is 2.28. The number of thiophene rings is 1. The number of hydrogen-bond donors (Lipinski definition) is 1. The van der Waals surface area contributed by atoms with Crippen LogP contribution in [0, 0.1) is 11.7 Å². The Labute approximate surface area is 85.0 Å². The minimum atomic E-state index is 0.672. The molecule has 0 aliphatic heterocycles. The maximum Gasteiger partial charge on any atom is 0.195 e. The average Bonchev–Trinajstić information content (AvgIpc) is 2.65. The molecular formula is C8H9N3S2. The van der Waals surface area contributed by atoms with Crippen molar-refractivity contribution in [2.24, 2.45) is 0 Å². The van der Waals surface area contributed by atoms with Gasteiger partial charge < -0.3 is 4.57 Å². The van der Waals surface area contributed by atoms with Gasteiger partial charge in [-0.05, 0) is 41.0 Å². The van der Waals surface area contributed by atoms with Gasteiger partial charge in [0, 0.05) is 0 Å². The van der Waals surface area contributed by atoms with E-state index < -0.39 is 0 Å². The van der Waals surface area contributed by atoms with Crippen LogP contribution in [0.1, 0.15) is 11.1 Å². The van der Waals surface area contributed by atoms with E-state index in [9.17, 15) is 0 Å². The number of hydrogen-bond acceptors (Lipinski definition) is 3. The molecule has 13 heavy (non-hydrogen) atoms. The molecule has 0 saturated carbocycles. The molecule has 68 valence electrons. The molecule has 0 aliphatic carbocycles. The van der Waals surface area contributed by atoms with Gasteiger partial charge in [0.05, 0.1) is 6.54 Å². The third-order valence-corrected chi connectivity index (χ3v) is 3.16. The highest BCUT2D eigenvalue weighted by atomic mass is 32.1. The van der Waals surface area contributed by atoms with E-state index in [1.165, 1.54) is 11.1 Å². The summed E-state index contributed by atoms with van der Waals surface area (Å²) >= 11 is 6.77. The molecule has 2 heterocycles. The van der Waals surface area contributed by atoms with Crippen molar-refractivity contribution in [3.05, 3.63) is 33.0 Å². The Hall–Kier alpha value is -0.940. The minimum absolute atomic E-state index is 0.672. The number of aromatic nitrogens is 3. The highest BCUT2D eigenvalue weighted by Gasteiger charge is 2.00. The largest absolute Gasteiger partial charge is 0.302 e. The fourth-order valence-electron chi connectivity index (χ4n) is 1.12. The number of rotatable bonds is 2. The second kappa shape index (κ2) is 3.43. The summed E-state index contributed by atoms with van der Waals surface area (Å²) in [6, 6.07) is 0. The average molecular weight is 211 g/mol. The van der Waals surface area contributed by atoms with Crippen LogP contribution in [-0.4, -0.2) is 14.8 Å². The summed E-state index contributed by atoms with van der Waals surface area (Å²) in [5.41, 5.74) is 2.62. The first-order chi connectivity index (χ1) is 6.27. The molecule has 2 aromatic rings. The third-order valence-electron chi connectivity index (χ3n) is 1.92. The lowest BCUT2D eigenvalue weighted by Gasteiger charge is -1.99. The lowest BCUT2D eigenvalue weighted by atomic mass is 10.2.